The Morgan fingerprint density at radius 2 is 1.63 bits per heavy atom. The lowest BCUT2D eigenvalue weighted by atomic mass is 9.91. The van der Waals surface area contributed by atoms with Gasteiger partial charge >= 0.3 is 24.0 Å². The van der Waals surface area contributed by atoms with Crippen LogP contribution in [0.5, 0.6) is 5.75 Å². The minimum atomic E-state index is -1.26. The summed E-state index contributed by atoms with van der Waals surface area (Å²) in [6.45, 7) is 3.03. The normalized spacial score (nSPS) is 15.0. The molecule has 0 bridgehead atoms. The van der Waals surface area contributed by atoms with E-state index in [0.717, 1.165) is 5.56 Å². The molecule has 0 aliphatic carbocycles. The molecule has 2 unspecified atom stereocenters. The molecule has 4 amide bonds. The monoisotopic (exact) mass is 569 g/mol. The van der Waals surface area contributed by atoms with Crippen LogP contribution in [0.1, 0.15) is 30.4 Å². The van der Waals surface area contributed by atoms with Crippen molar-refractivity contribution >= 4 is 41.2 Å². The summed E-state index contributed by atoms with van der Waals surface area (Å²) in [7, 11) is 1.44. The lowest BCUT2D eigenvalue weighted by Gasteiger charge is -2.25. The summed E-state index contributed by atoms with van der Waals surface area (Å²) in [6, 6.07) is 8.93. The Kier molecular flexibility index (Phi) is 11.0. The summed E-state index contributed by atoms with van der Waals surface area (Å²) >= 11 is 0. The van der Waals surface area contributed by atoms with E-state index in [0.29, 0.717) is 42.2 Å². The Morgan fingerprint density at radius 3 is 2.24 bits per heavy atom. The molecule has 13 heteroatoms. The van der Waals surface area contributed by atoms with Gasteiger partial charge < -0.3 is 41.5 Å². The van der Waals surface area contributed by atoms with Crippen LogP contribution in [0.15, 0.2) is 42.5 Å². The van der Waals surface area contributed by atoms with Gasteiger partial charge in [0.1, 0.15) is 5.75 Å². The summed E-state index contributed by atoms with van der Waals surface area (Å²) in [6.07, 6.45) is -0.577. The number of anilines is 2. The van der Waals surface area contributed by atoms with E-state index in [4.69, 9.17) is 14.9 Å². The molecule has 0 saturated carbocycles. The summed E-state index contributed by atoms with van der Waals surface area (Å²) < 4.78 is 5.43. The molecule has 0 radical (unpaired) electrons. The van der Waals surface area contributed by atoms with Gasteiger partial charge in [-0.2, -0.15) is 0 Å². The second kappa shape index (κ2) is 14.7. The SMILES string of the molecule is COc1cc(CC(=O)C(NC(=O)NC(CC(=O)O)CC(=O)O)C2CCNC2)ccc1NC(=O)Nc1ccccc1C. The zero-order chi connectivity index (χ0) is 29.9. The fraction of sp³-hybridized carbons (Fsp3) is 0.393. The summed E-state index contributed by atoms with van der Waals surface area (Å²) in [5, 5.41) is 31.7. The van der Waals surface area contributed by atoms with Crippen molar-refractivity contribution in [1.29, 1.82) is 0 Å². The van der Waals surface area contributed by atoms with E-state index < -0.39 is 48.9 Å². The molecule has 1 aliphatic heterocycles. The number of hydrogen-bond donors (Lipinski definition) is 7. The summed E-state index contributed by atoms with van der Waals surface area (Å²) in [4.78, 5) is 60.8. The van der Waals surface area contributed by atoms with Crippen LogP contribution in [0.2, 0.25) is 0 Å². The zero-order valence-electron chi connectivity index (χ0n) is 22.9. The van der Waals surface area contributed by atoms with E-state index in [1.54, 1.807) is 24.3 Å². The van der Waals surface area contributed by atoms with E-state index in [2.05, 4.69) is 26.6 Å². The van der Waals surface area contributed by atoms with Crippen LogP contribution >= 0.6 is 0 Å². The lowest BCUT2D eigenvalue weighted by molar-refractivity contribution is -0.139. The van der Waals surface area contributed by atoms with Gasteiger partial charge in [0.25, 0.3) is 0 Å². The highest BCUT2D eigenvalue weighted by Gasteiger charge is 2.32. The van der Waals surface area contributed by atoms with Gasteiger partial charge in [0.15, 0.2) is 5.78 Å². The second-order valence-electron chi connectivity index (χ2n) is 9.81. The van der Waals surface area contributed by atoms with E-state index in [9.17, 15) is 24.0 Å². The van der Waals surface area contributed by atoms with E-state index in [1.807, 2.05) is 25.1 Å². The number of benzene rings is 2. The number of aryl methyl sites for hydroxylation is 1. The largest absolute Gasteiger partial charge is 0.495 e. The molecule has 2 atom stereocenters. The van der Waals surface area contributed by atoms with Gasteiger partial charge in [0.2, 0.25) is 0 Å². The highest BCUT2D eigenvalue weighted by molar-refractivity contribution is 6.01. The standard InChI is InChI=1S/C28H35N5O8/c1-16-5-3-4-6-20(16)31-28(40)32-21-8-7-17(12-23(21)41-2)11-22(34)26(18-9-10-29-15-18)33-27(39)30-19(13-24(35)36)14-25(37)38/h3-8,12,18-19,26,29H,9-11,13-15H2,1-2H3,(H,35,36)(H,37,38)(H2,30,33,39)(H2,31,32,40). The number of urea groups is 2. The van der Waals surface area contributed by atoms with Crippen LogP contribution in [-0.2, 0) is 20.8 Å². The van der Waals surface area contributed by atoms with Gasteiger partial charge in [-0.15, -0.1) is 0 Å². The molecule has 0 aromatic heterocycles. The zero-order valence-corrected chi connectivity index (χ0v) is 22.9. The molecule has 1 saturated heterocycles. The molecule has 1 fully saturated rings. The molecule has 3 rings (SSSR count). The van der Waals surface area contributed by atoms with E-state index in [-0.39, 0.29) is 18.1 Å². The maximum atomic E-state index is 13.4. The molecular weight excluding hydrogens is 534 g/mol. The molecule has 220 valence electrons. The number of amides is 4. The highest BCUT2D eigenvalue weighted by Crippen LogP contribution is 2.27. The van der Waals surface area contributed by atoms with Gasteiger partial charge in [-0.05, 0) is 55.1 Å². The number of carbonyl (C=O) groups excluding carboxylic acids is 3. The number of ether oxygens (including phenoxy) is 1. The third-order valence-corrected chi connectivity index (χ3v) is 6.67. The minimum Gasteiger partial charge on any atom is -0.495 e. The number of hydrogen-bond acceptors (Lipinski definition) is 7. The first-order valence-corrected chi connectivity index (χ1v) is 13.1. The van der Waals surface area contributed by atoms with Crippen LogP contribution in [0.3, 0.4) is 0 Å². The number of carbonyl (C=O) groups is 5. The Morgan fingerprint density at radius 1 is 0.951 bits per heavy atom. The highest BCUT2D eigenvalue weighted by atomic mass is 16.5. The number of methoxy groups -OCH3 is 1. The van der Waals surface area contributed by atoms with Crippen molar-refractivity contribution in [2.45, 2.75) is 44.7 Å². The minimum absolute atomic E-state index is 0.0544. The van der Waals surface area contributed by atoms with Crippen molar-refractivity contribution in [3.8, 4) is 5.75 Å². The molecule has 1 aliphatic rings. The van der Waals surface area contributed by atoms with Gasteiger partial charge in [-0.25, -0.2) is 9.59 Å². The number of nitrogens with one attached hydrogen (secondary N) is 5. The van der Waals surface area contributed by atoms with Crippen LogP contribution < -0.4 is 31.3 Å². The fourth-order valence-electron chi connectivity index (χ4n) is 4.64. The number of rotatable bonds is 13. The van der Waals surface area contributed by atoms with Gasteiger partial charge in [0.05, 0.1) is 37.7 Å². The smallest absolute Gasteiger partial charge is 0.323 e. The molecule has 2 aromatic rings. The Labute approximate surface area is 237 Å². The third kappa shape index (κ3) is 9.49. The number of Topliss-reactive ketones (excluding diaryl/α,β-unsaturated/α-hetero) is 1. The first-order valence-electron chi connectivity index (χ1n) is 13.1. The number of ketones is 1. The van der Waals surface area contributed by atoms with Crippen LogP contribution in [-0.4, -0.2) is 72.3 Å². The van der Waals surface area contributed by atoms with Crippen molar-refractivity contribution in [2.24, 2.45) is 5.92 Å². The second-order valence-corrected chi connectivity index (χ2v) is 9.81. The summed E-state index contributed by atoms with van der Waals surface area (Å²) in [5.41, 5.74) is 2.54. The Bertz CT molecular complexity index is 1260. The summed E-state index contributed by atoms with van der Waals surface area (Å²) in [5.74, 6) is -2.68. The molecular formula is C28H35N5O8. The van der Waals surface area contributed by atoms with E-state index in [1.165, 1.54) is 7.11 Å². The predicted molar refractivity (Wildman–Crippen MR) is 150 cm³/mol. The molecule has 1 heterocycles. The number of para-hydroxylation sites is 1. The fourth-order valence-corrected chi connectivity index (χ4v) is 4.64. The van der Waals surface area contributed by atoms with Crippen LogP contribution in [0, 0.1) is 12.8 Å². The average Bonchev–Trinajstić information content (AvgIpc) is 3.43. The predicted octanol–water partition coefficient (Wildman–Crippen LogP) is 2.35. The quantitative estimate of drug-likeness (QED) is 0.189. The van der Waals surface area contributed by atoms with E-state index >= 15 is 0 Å². The van der Waals surface area contributed by atoms with Crippen molar-refractivity contribution < 1.29 is 38.9 Å². The maximum Gasteiger partial charge on any atom is 0.323 e. The van der Waals surface area contributed by atoms with Crippen LogP contribution in [0.4, 0.5) is 21.0 Å². The van der Waals surface area contributed by atoms with Gasteiger partial charge in [-0.3, -0.25) is 14.4 Å². The van der Waals surface area contributed by atoms with Gasteiger partial charge in [-0.1, -0.05) is 24.3 Å². The Balaban J connectivity index is 1.68. The first kappa shape index (κ1) is 30.9. The number of carboxylic acid groups (broad SMARTS) is 2. The van der Waals surface area contributed by atoms with Gasteiger partial charge in [0, 0.05) is 18.7 Å². The van der Waals surface area contributed by atoms with Crippen LogP contribution in [0.25, 0.3) is 0 Å². The molecule has 41 heavy (non-hydrogen) atoms. The maximum absolute atomic E-state index is 13.4. The molecule has 0 spiro atoms. The first-order chi connectivity index (χ1) is 19.5. The van der Waals surface area contributed by atoms with Crippen molar-refractivity contribution in [3.05, 3.63) is 53.6 Å². The topological polar surface area (TPSA) is 195 Å². The molecule has 7 N–H and O–H groups in total. The molecule has 2 aromatic carbocycles. The van der Waals surface area contributed by atoms with Crippen molar-refractivity contribution in [1.82, 2.24) is 16.0 Å². The lowest BCUT2D eigenvalue weighted by Crippen LogP contribution is -2.53. The van der Waals surface area contributed by atoms with Crippen molar-refractivity contribution in [2.75, 3.05) is 30.8 Å². The van der Waals surface area contributed by atoms with Crippen molar-refractivity contribution in [3.63, 3.8) is 0 Å². The average molecular weight is 570 g/mol. The molecule has 13 nitrogen and oxygen atoms in total. The number of aliphatic carboxylic acids is 2. The third-order valence-electron chi connectivity index (χ3n) is 6.67. The number of carboxylic acids is 2. The Hall–Kier alpha value is -4.65.